The molecule has 0 bridgehead atoms. The quantitative estimate of drug-likeness (QED) is 0.0338. The van der Waals surface area contributed by atoms with Crippen LogP contribution in [0.5, 0.6) is 11.5 Å². The van der Waals surface area contributed by atoms with E-state index in [9.17, 15) is 35.9 Å². The number of alkyl halides is 6. The lowest BCUT2D eigenvalue weighted by molar-refractivity contribution is -0.303. The number of carbonyl (C=O) groups is 4. The number of anilines is 4. The number of amides is 1. The Bertz CT molecular complexity index is 3830. The highest BCUT2D eigenvalue weighted by Crippen LogP contribution is 2.48. The molecule has 6 aromatic rings. The second-order valence-corrected chi connectivity index (χ2v) is 25.7. The number of hydrogen-bond donors (Lipinski definition) is 6. The van der Waals surface area contributed by atoms with E-state index in [1.165, 1.54) is 67.6 Å². The van der Waals surface area contributed by atoms with Crippen LogP contribution in [0, 0.1) is 34.5 Å². The van der Waals surface area contributed by atoms with Gasteiger partial charge < -0.3 is 84.2 Å². The molecule has 5 saturated heterocycles. The van der Waals surface area contributed by atoms with Crippen LogP contribution in [0.25, 0.3) is 21.8 Å². The largest absolute Gasteiger partial charge is 0.539 e. The van der Waals surface area contributed by atoms with E-state index in [4.69, 9.17) is 43.9 Å². The smallest absolute Gasteiger partial charge is 0.406 e. The number of carbonyl (C=O) groups excluding carboxylic acids is 2. The highest BCUT2D eigenvalue weighted by atomic mass is 19.4. The number of methoxy groups -OCH3 is 2. The van der Waals surface area contributed by atoms with E-state index < -0.39 is 43.4 Å². The highest BCUT2D eigenvalue weighted by Gasteiger charge is 2.46. The van der Waals surface area contributed by atoms with Gasteiger partial charge in [-0.05, 0) is 195 Å². The minimum absolute atomic E-state index is 0.0288. The van der Waals surface area contributed by atoms with Crippen LogP contribution < -0.4 is 35.8 Å². The lowest BCUT2D eigenvalue weighted by atomic mass is 9.64. The normalized spacial score (nSPS) is 17.7. The van der Waals surface area contributed by atoms with Gasteiger partial charge in [-0.2, -0.15) is 26.3 Å². The molecule has 0 atom stereocenters. The number of benzene rings is 4. The molecule has 26 heteroatoms. The number of halogens is 6. The zero-order valence-corrected chi connectivity index (χ0v) is 55.0. The van der Waals surface area contributed by atoms with E-state index in [1.54, 1.807) is 60.7 Å². The zero-order chi connectivity index (χ0) is 69.5. The Kier molecular flexibility index (Phi) is 24.3. The van der Waals surface area contributed by atoms with E-state index in [2.05, 4.69) is 68.8 Å². The molecule has 4 aromatic carbocycles. The van der Waals surface area contributed by atoms with Crippen molar-refractivity contribution in [1.29, 1.82) is 0 Å². The summed E-state index contributed by atoms with van der Waals surface area (Å²) in [5.41, 5.74) is 5.92. The maximum absolute atomic E-state index is 13.6. The Morgan fingerprint density at radius 3 is 1.37 bits per heavy atom. The average molecular weight is 1350 g/mol. The summed E-state index contributed by atoms with van der Waals surface area (Å²) < 4.78 is 105. The highest BCUT2D eigenvalue weighted by molar-refractivity contribution is 6.26. The van der Waals surface area contributed by atoms with E-state index in [0.29, 0.717) is 50.6 Å². The molecule has 1 amide bonds. The Hall–Kier alpha value is -8.82. The third-order valence-electron chi connectivity index (χ3n) is 18.8. The van der Waals surface area contributed by atoms with Gasteiger partial charge in [-0.15, -0.1) is 0 Å². The van der Waals surface area contributed by atoms with E-state index >= 15 is 0 Å². The van der Waals surface area contributed by atoms with Gasteiger partial charge in [0.2, 0.25) is 0 Å². The number of piperidine rings is 2. The number of nitrogens with one attached hydrogen (secondary N) is 4. The van der Waals surface area contributed by atoms with Crippen molar-refractivity contribution in [3.63, 3.8) is 0 Å². The predicted molar refractivity (Wildman–Crippen MR) is 355 cm³/mol. The summed E-state index contributed by atoms with van der Waals surface area (Å²) in [6.45, 7) is 6.97. The maximum atomic E-state index is 13.6. The van der Waals surface area contributed by atoms with Gasteiger partial charge in [-0.3, -0.25) is 4.79 Å². The van der Waals surface area contributed by atoms with Gasteiger partial charge in [0.1, 0.15) is 24.6 Å². The van der Waals surface area contributed by atoms with Crippen molar-refractivity contribution in [3.05, 3.63) is 107 Å². The Morgan fingerprint density at radius 1 is 0.588 bits per heavy atom. The van der Waals surface area contributed by atoms with Gasteiger partial charge in [0.25, 0.3) is 5.91 Å². The van der Waals surface area contributed by atoms with Crippen molar-refractivity contribution in [2.45, 2.75) is 108 Å². The summed E-state index contributed by atoms with van der Waals surface area (Å²) in [4.78, 5) is 48.7. The van der Waals surface area contributed by atoms with Gasteiger partial charge in [-0.1, -0.05) is 30.4 Å². The molecule has 6 N–H and O–H groups in total. The number of fused-ring (bicyclic) bond motifs is 2. The van der Waals surface area contributed by atoms with Crippen LogP contribution in [-0.4, -0.2) is 189 Å². The van der Waals surface area contributed by atoms with E-state index in [0.717, 1.165) is 126 Å². The first-order valence-electron chi connectivity index (χ1n) is 32.6. The minimum Gasteiger partial charge on any atom is -0.539 e. The fourth-order valence-corrected chi connectivity index (χ4v) is 13.2. The molecule has 1 aliphatic carbocycles. The lowest BCUT2D eigenvalue weighted by Crippen LogP contribution is -2.60. The first-order valence-corrected chi connectivity index (χ1v) is 32.6. The lowest BCUT2D eigenvalue weighted by Gasteiger charge is -2.52. The molecule has 12 rings (SSSR count). The molecule has 20 nitrogen and oxygen atoms in total. The fraction of sp³-hybridized carbons (Fsp3) is 0.493. The standard InChI is InChI=1S/C34H40F3N5O3.C27H29F3N4O3.C8H14O.C2H2O4/c1-40-15-10-25(11-16-40)39-28-6-3-7-30-27(28)20-26(42(30)23-34(35,36)37)5-4-14-38-29-9-8-24(19-31(29)44-2)32(43)41-21-33(22-41)12-17-45-18-13-33;1-33-13-10-19(11-14-33)32-22-6-3-7-24-21(22)16-20(34(24)17-27(28,29)30)5-4-12-31-23-9-8-18(26(35)36)15-25(23)37-2;1-2-8(3-1)4-6-9-7-5-8;3-1(4)2(5)6/h3,6-9,19-20,25,38-39H,10-18,21-23H2,1-2H3;3,6-9,15-16,19,31-32H,10-14,17H2,1-2H3,(H,35,36);1-7H2;(H,3,4)(H,5,6)/p-1. The molecule has 5 aliphatic heterocycles. The van der Waals surface area contributed by atoms with Crippen LogP contribution in [0.1, 0.15) is 103 Å². The molecule has 2 aromatic heterocycles. The number of hydrogen-bond acceptors (Lipinski definition) is 15. The first kappa shape index (κ1) is 72.4. The summed E-state index contributed by atoms with van der Waals surface area (Å²) in [6, 6.07) is 24.4. The Labute approximate surface area is 559 Å². The Morgan fingerprint density at radius 2 is 1.00 bits per heavy atom. The number of carboxylic acids is 3. The third-order valence-corrected chi connectivity index (χ3v) is 18.8. The molecule has 6 aliphatic rings. The number of aromatic carboxylic acids is 1. The SMILES string of the molecule is C1CC2(C1)CCOCC2.COc1cc(C(=O)N2CC3(CCOCC3)C2)ccc1NCC#Cc1cc2c(NC3CCN(C)CC3)cccc2n1CC(F)(F)F.COc1cc(C(=O)O)ccc1NCC#Cc1cc2c(NC3CCN(C)CC3)cccc2n1CC(F)(F)F.O=C([O-])C(=O)O. The summed E-state index contributed by atoms with van der Waals surface area (Å²) in [5.74, 6) is 7.43. The van der Waals surface area contributed by atoms with Crippen LogP contribution in [0.3, 0.4) is 0 Å². The molecule has 0 unspecified atom stereocenters. The fourth-order valence-electron chi connectivity index (χ4n) is 13.2. The average Bonchev–Trinajstić information content (AvgIpc) is 1.76. The van der Waals surface area contributed by atoms with Crippen LogP contribution >= 0.6 is 0 Å². The Balaban J connectivity index is 0.000000189. The van der Waals surface area contributed by atoms with Gasteiger partial charge >= 0.3 is 24.3 Å². The second kappa shape index (κ2) is 32.5. The van der Waals surface area contributed by atoms with Crippen LogP contribution in [-0.2, 0) is 32.2 Å². The van der Waals surface area contributed by atoms with Crippen molar-refractivity contribution >= 4 is 68.4 Å². The van der Waals surface area contributed by atoms with Crippen molar-refractivity contribution in [2.24, 2.45) is 10.8 Å². The van der Waals surface area contributed by atoms with Gasteiger partial charge in [0, 0.05) is 84.7 Å². The summed E-state index contributed by atoms with van der Waals surface area (Å²) >= 11 is 0. The van der Waals surface area contributed by atoms with E-state index in [1.807, 2.05) is 17.0 Å². The van der Waals surface area contributed by atoms with Crippen molar-refractivity contribution in [1.82, 2.24) is 23.8 Å². The molecular weight excluding hydrogens is 1270 g/mol. The molecule has 522 valence electrons. The molecule has 1 saturated carbocycles. The number of nitrogens with zero attached hydrogens (tertiary/aromatic N) is 5. The molecule has 2 spiro atoms. The molecule has 97 heavy (non-hydrogen) atoms. The third kappa shape index (κ3) is 19.7. The molecule has 6 fully saturated rings. The molecule has 7 heterocycles. The predicted octanol–water partition coefficient (Wildman–Crippen LogP) is 10.1. The second-order valence-electron chi connectivity index (χ2n) is 25.7. The maximum Gasteiger partial charge on any atom is 0.406 e. The van der Waals surface area contributed by atoms with Crippen molar-refractivity contribution < 1.29 is 79.8 Å². The first-order chi connectivity index (χ1) is 46.3. The van der Waals surface area contributed by atoms with Gasteiger partial charge in [-0.25, -0.2) is 9.59 Å². The number of rotatable bonds is 14. The number of likely N-dealkylation sites (tertiary alicyclic amines) is 3. The van der Waals surface area contributed by atoms with Crippen molar-refractivity contribution in [2.75, 3.05) is 128 Å². The van der Waals surface area contributed by atoms with Gasteiger partial charge in [0.05, 0.1) is 66.7 Å². The monoisotopic (exact) mass is 1350 g/mol. The van der Waals surface area contributed by atoms with Crippen LogP contribution in [0.4, 0.5) is 49.1 Å². The number of aliphatic carboxylic acids is 2. The number of carboxylic acid groups (broad SMARTS) is 3. The summed E-state index contributed by atoms with van der Waals surface area (Å²) in [5, 5.41) is 40.2. The molecular formula is C71H84F6N9O11-. The number of aromatic nitrogens is 2. The topological polar surface area (TPSA) is 236 Å². The zero-order valence-electron chi connectivity index (χ0n) is 55.0. The minimum atomic E-state index is -4.41. The summed E-state index contributed by atoms with van der Waals surface area (Å²) in [6.07, 6.45) is 4.16. The van der Waals surface area contributed by atoms with Crippen LogP contribution in [0.2, 0.25) is 0 Å². The van der Waals surface area contributed by atoms with E-state index in [-0.39, 0.29) is 47.8 Å². The summed E-state index contributed by atoms with van der Waals surface area (Å²) in [7, 11) is 7.13. The number of ether oxygens (including phenoxy) is 4. The van der Waals surface area contributed by atoms with Crippen LogP contribution in [0.15, 0.2) is 84.9 Å². The molecule has 0 radical (unpaired) electrons. The van der Waals surface area contributed by atoms with Crippen molar-refractivity contribution in [3.8, 4) is 35.2 Å². The van der Waals surface area contributed by atoms with Gasteiger partial charge in [0.15, 0.2) is 5.97 Å².